The lowest BCUT2D eigenvalue weighted by Crippen LogP contribution is -2.50. The lowest BCUT2D eigenvalue weighted by molar-refractivity contribution is -0.132. The van der Waals surface area contributed by atoms with E-state index in [-0.39, 0.29) is 5.91 Å². The minimum Gasteiger partial charge on any atom is -0.340 e. The van der Waals surface area contributed by atoms with Crippen molar-refractivity contribution >= 4 is 26.7 Å². The number of aryl methyl sites for hydroxylation is 1. The number of rotatable bonds is 5. The van der Waals surface area contributed by atoms with Gasteiger partial charge >= 0.3 is 0 Å². The number of pyridine rings is 1. The number of nitrogens with zero attached hydrogens (tertiary/aromatic N) is 3. The Morgan fingerprint density at radius 3 is 2.31 bits per heavy atom. The van der Waals surface area contributed by atoms with Crippen molar-refractivity contribution < 1.29 is 13.2 Å². The Morgan fingerprint density at radius 2 is 1.59 bits per heavy atom. The Hall–Kier alpha value is -2.77. The molecule has 0 aliphatic carbocycles. The molecule has 4 rings (SSSR count). The van der Waals surface area contributed by atoms with Crippen LogP contribution >= 0.6 is 0 Å². The lowest BCUT2D eigenvalue weighted by atomic mass is 10.1. The molecule has 0 N–H and O–H groups in total. The molecule has 1 fully saturated rings. The van der Waals surface area contributed by atoms with Crippen molar-refractivity contribution in [3.8, 4) is 0 Å². The van der Waals surface area contributed by atoms with Gasteiger partial charge in [0.05, 0.1) is 4.90 Å². The van der Waals surface area contributed by atoms with Crippen molar-refractivity contribution in [2.24, 2.45) is 0 Å². The van der Waals surface area contributed by atoms with Crippen LogP contribution in [0.3, 0.4) is 0 Å². The maximum Gasteiger partial charge on any atom is 0.243 e. The zero-order valence-corrected chi connectivity index (χ0v) is 16.9. The molecule has 1 saturated heterocycles. The first-order valence-corrected chi connectivity index (χ1v) is 11.1. The van der Waals surface area contributed by atoms with Crippen LogP contribution in [0.2, 0.25) is 0 Å². The van der Waals surface area contributed by atoms with Gasteiger partial charge in [-0.15, -0.1) is 0 Å². The predicted molar refractivity (Wildman–Crippen MR) is 112 cm³/mol. The number of benzene rings is 2. The second-order valence-corrected chi connectivity index (χ2v) is 9.09. The lowest BCUT2D eigenvalue weighted by Gasteiger charge is -2.34. The van der Waals surface area contributed by atoms with E-state index in [1.54, 1.807) is 29.4 Å². The van der Waals surface area contributed by atoms with Gasteiger partial charge in [-0.1, -0.05) is 30.3 Å². The molecule has 7 heteroatoms. The van der Waals surface area contributed by atoms with Crippen molar-refractivity contribution in [1.82, 2.24) is 14.2 Å². The van der Waals surface area contributed by atoms with E-state index in [2.05, 4.69) is 4.98 Å². The van der Waals surface area contributed by atoms with Gasteiger partial charge in [0.25, 0.3) is 0 Å². The fourth-order valence-electron chi connectivity index (χ4n) is 3.61. The van der Waals surface area contributed by atoms with Crippen LogP contribution in [-0.4, -0.2) is 54.7 Å². The minimum absolute atomic E-state index is 0.0598. The van der Waals surface area contributed by atoms with Crippen LogP contribution in [0.1, 0.15) is 12.0 Å². The molecule has 1 aliphatic heterocycles. The second-order valence-electron chi connectivity index (χ2n) is 7.15. The molecule has 0 spiro atoms. The van der Waals surface area contributed by atoms with E-state index >= 15 is 0 Å². The van der Waals surface area contributed by atoms with Crippen LogP contribution in [0.5, 0.6) is 0 Å². The molecule has 3 aromatic rings. The first-order valence-electron chi connectivity index (χ1n) is 9.70. The largest absolute Gasteiger partial charge is 0.340 e. The van der Waals surface area contributed by atoms with E-state index in [9.17, 15) is 13.2 Å². The highest BCUT2D eigenvalue weighted by molar-refractivity contribution is 7.89. The molecule has 1 aliphatic rings. The Kier molecular flexibility index (Phi) is 5.60. The van der Waals surface area contributed by atoms with Crippen molar-refractivity contribution in [1.29, 1.82) is 0 Å². The van der Waals surface area contributed by atoms with Gasteiger partial charge in [0.2, 0.25) is 15.9 Å². The van der Waals surface area contributed by atoms with E-state index in [1.807, 2.05) is 42.5 Å². The van der Waals surface area contributed by atoms with Gasteiger partial charge in [0, 0.05) is 45.0 Å². The number of aromatic nitrogens is 1. The fraction of sp³-hybridized carbons (Fsp3) is 0.273. The molecule has 0 atom stereocenters. The van der Waals surface area contributed by atoms with Crippen LogP contribution in [0.25, 0.3) is 10.8 Å². The first-order chi connectivity index (χ1) is 14.0. The van der Waals surface area contributed by atoms with Gasteiger partial charge in [-0.05, 0) is 47.0 Å². The molecule has 2 aromatic carbocycles. The Bertz CT molecular complexity index is 1110. The van der Waals surface area contributed by atoms with Gasteiger partial charge in [0.1, 0.15) is 0 Å². The zero-order valence-electron chi connectivity index (χ0n) is 16.1. The number of hydrogen-bond acceptors (Lipinski definition) is 4. The van der Waals surface area contributed by atoms with Crippen LogP contribution in [0.15, 0.2) is 71.9 Å². The third kappa shape index (κ3) is 4.31. The van der Waals surface area contributed by atoms with E-state index in [4.69, 9.17) is 0 Å². The molecule has 0 unspecified atom stereocenters. The summed E-state index contributed by atoms with van der Waals surface area (Å²) in [6, 6.07) is 16.7. The van der Waals surface area contributed by atoms with Crippen molar-refractivity contribution in [2.75, 3.05) is 26.2 Å². The van der Waals surface area contributed by atoms with Crippen molar-refractivity contribution in [3.63, 3.8) is 0 Å². The topological polar surface area (TPSA) is 70.6 Å². The molecule has 2 heterocycles. The normalized spacial score (nSPS) is 15.5. The molecular formula is C22H23N3O3S. The summed E-state index contributed by atoms with van der Waals surface area (Å²) in [5.41, 5.74) is 1.07. The van der Waals surface area contributed by atoms with E-state index in [1.165, 1.54) is 4.31 Å². The van der Waals surface area contributed by atoms with E-state index in [0.29, 0.717) is 43.9 Å². The molecule has 1 amide bonds. The van der Waals surface area contributed by atoms with E-state index < -0.39 is 10.0 Å². The van der Waals surface area contributed by atoms with Crippen LogP contribution in [-0.2, 0) is 21.2 Å². The monoisotopic (exact) mass is 409 g/mol. The predicted octanol–water partition coefficient (Wildman–Crippen LogP) is 2.70. The molecule has 0 radical (unpaired) electrons. The number of amides is 1. The molecule has 0 saturated carbocycles. The van der Waals surface area contributed by atoms with E-state index in [0.717, 1.165) is 16.3 Å². The number of fused-ring (bicyclic) bond motifs is 1. The van der Waals surface area contributed by atoms with Crippen molar-refractivity contribution in [3.05, 3.63) is 72.6 Å². The average Bonchev–Trinajstić information content (AvgIpc) is 2.78. The van der Waals surface area contributed by atoms with Crippen molar-refractivity contribution in [2.45, 2.75) is 17.7 Å². The van der Waals surface area contributed by atoms with Gasteiger partial charge < -0.3 is 4.90 Å². The maximum absolute atomic E-state index is 13.0. The smallest absolute Gasteiger partial charge is 0.243 e. The highest BCUT2D eigenvalue weighted by Crippen LogP contribution is 2.23. The van der Waals surface area contributed by atoms with Crippen LogP contribution < -0.4 is 0 Å². The highest BCUT2D eigenvalue weighted by atomic mass is 32.2. The molecule has 1 aromatic heterocycles. The first kappa shape index (κ1) is 19.5. The minimum atomic E-state index is -3.57. The third-order valence-electron chi connectivity index (χ3n) is 5.33. The number of sulfonamides is 1. The zero-order chi connectivity index (χ0) is 20.3. The fourth-order valence-corrected chi connectivity index (χ4v) is 5.07. The summed E-state index contributed by atoms with van der Waals surface area (Å²) < 4.78 is 27.5. The molecule has 6 nitrogen and oxygen atoms in total. The molecule has 0 bridgehead atoms. The summed E-state index contributed by atoms with van der Waals surface area (Å²) in [7, 11) is -3.57. The Labute approximate surface area is 170 Å². The van der Waals surface area contributed by atoms with Crippen LogP contribution in [0.4, 0.5) is 0 Å². The average molecular weight is 410 g/mol. The quantitative estimate of drug-likeness (QED) is 0.650. The summed E-state index contributed by atoms with van der Waals surface area (Å²) in [4.78, 5) is 18.5. The third-order valence-corrected chi connectivity index (χ3v) is 7.22. The molecule has 150 valence electrons. The van der Waals surface area contributed by atoms with Gasteiger partial charge in [0.15, 0.2) is 0 Å². The number of hydrogen-bond donors (Lipinski definition) is 0. The SMILES string of the molecule is O=C(CCc1ccncc1)N1CCN(S(=O)(=O)c2ccc3ccccc3c2)CC1. The molecule has 29 heavy (non-hydrogen) atoms. The molecular weight excluding hydrogens is 386 g/mol. The summed E-state index contributed by atoms with van der Waals surface area (Å²) in [6.07, 6.45) is 4.52. The standard InChI is InChI=1S/C22H23N3O3S/c26-22(8-5-18-9-11-23-12-10-18)24-13-15-25(16-14-24)29(27,28)21-7-6-19-3-1-2-4-20(19)17-21/h1-4,6-7,9-12,17H,5,8,13-16H2. The highest BCUT2D eigenvalue weighted by Gasteiger charge is 2.30. The summed E-state index contributed by atoms with van der Waals surface area (Å²) in [6.45, 7) is 1.47. The summed E-state index contributed by atoms with van der Waals surface area (Å²) in [5.74, 6) is 0.0598. The summed E-state index contributed by atoms with van der Waals surface area (Å²) >= 11 is 0. The van der Waals surface area contributed by atoms with Gasteiger partial charge in [-0.25, -0.2) is 8.42 Å². The number of carbonyl (C=O) groups excluding carboxylic acids is 1. The van der Waals surface area contributed by atoms with Gasteiger partial charge in [-0.2, -0.15) is 4.31 Å². The number of piperazine rings is 1. The second kappa shape index (κ2) is 8.31. The number of carbonyl (C=O) groups is 1. The summed E-state index contributed by atoms with van der Waals surface area (Å²) in [5, 5.41) is 1.91. The van der Waals surface area contributed by atoms with Crippen LogP contribution in [0, 0.1) is 0 Å². The van der Waals surface area contributed by atoms with Gasteiger partial charge in [-0.3, -0.25) is 9.78 Å². The maximum atomic E-state index is 13.0. The Morgan fingerprint density at radius 1 is 0.897 bits per heavy atom. The Balaban J connectivity index is 1.38.